The van der Waals surface area contributed by atoms with Gasteiger partial charge in [-0.15, -0.1) is 6.58 Å². The van der Waals surface area contributed by atoms with E-state index in [1.807, 2.05) is 6.08 Å². The van der Waals surface area contributed by atoms with Gasteiger partial charge in [0.1, 0.15) is 0 Å². The molecule has 1 aliphatic carbocycles. The Morgan fingerprint density at radius 2 is 1.92 bits per heavy atom. The first-order valence-electron chi connectivity index (χ1n) is 10.7. The van der Waals surface area contributed by atoms with Crippen LogP contribution in [0, 0.1) is 0 Å². The summed E-state index contributed by atoms with van der Waals surface area (Å²) in [5, 5.41) is 3.40. The van der Waals surface area contributed by atoms with Crippen LogP contribution in [0.5, 0.6) is 0 Å². The molecule has 2 heterocycles. The first-order chi connectivity index (χ1) is 12.7. The van der Waals surface area contributed by atoms with E-state index in [2.05, 4.69) is 21.7 Å². The summed E-state index contributed by atoms with van der Waals surface area (Å²) in [5.41, 5.74) is 0.174. The zero-order chi connectivity index (χ0) is 18.2. The number of rotatable bonds is 8. The fourth-order valence-corrected chi connectivity index (χ4v) is 5.10. The number of hydrogen-bond donors (Lipinski definition) is 1. The molecule has 26 heavy (non-hydrogen) atoms. The van der Waals surface area contributed by atoms with Crippen LogP contribution in [0.1, 0.15) is 57.8 Å². The summed E-state index contributed by atoms with van der Waals surface area (Å²) in [6.45, 7) is 10.2. The van der Waals surface area contributed by atoms with Crippen LogP contribution in [-0.2, 0) is 9.53 Å². The van der Waals surface area contributed by atoms with Gasteiger partial charge in [-0.25, -0.2) is 0 Å². The monoisotopic (exact) mass is 363 g/mol. The number of likely N-dealkylation sites (tertiary alicyclic amines) is 1. The molecule has 3 aliphatic rings. The molecule has 0 aromatic rings. The average molecular weight is 364 g/mol. The topological polar surface area (TPSA) is 44.8 Å². The number of morpholine rings is 1. The van der Waals surface area contributed by atoms with E-state index in [1.54, 1.807) is 0 Å². The van der Waals surface area contributed by atoms with Crippen LogP contribution in [0.15, 0.2) is 12.7 Å². The Morgan fingerprint density at radius 3 is 2.62 bits per heavy atom. The van der Waals surface area contributed by atoms with E-state index in [0.717, 1.165) is 65.2 Å². The second-order valence-corrected chi connectivity index (χ2v) is 8.23. The number of nitrogens with zero attached hydrogens (tertiary/aromatic N) is 2. The molecule has 0 spiro atoms. The maximum atomic E-state index is 12.7. The third kappa shape index (κ3) is 4.87. The van der Waals surface area contributed by atoms with Crippen molar-refractivity contribution in [1.82, 2.24) is 15.1 Å². The largest absolute Gasteiger partial charge is 0.379 e. The van der Waals surface area contributed by atoms with Crippen molar-refractivity contribution in [2.45, 2.75) is 69.4 Å². The Labute approximate surface area is 159 Å². The third-order valence-corrected chi connectivity index (χ3v) is 6.58. The van der Waals surface area contributed by atoms with Gasteiger partial charge in [0, 0.05) is 44.2 Å². The fraction of sp³-hybridized carbons (Fsp3) is 0.857. The molecular weight excluding hydrogens is 326 g/mol. The van der Waals surface area contributed by atoms with Gasteiger partial charge in [-0.3, -0.25) is 9.69 Å². The summed E-state index contributed by atoms with van der Waals surface area (Å²) in [6.07, 6.45) is 12.4. The van der Waals surface area contributed by atoms with Gasteiger partial charge in [-0.2, -0.15) is 0 Å². The number of carbonyl (C=O) groups excluding carboxylic acids is 1. The van der Waals surface area contributed by atoms with Crippen molar-refractivity contribution in [3.8, 4) is 0 Å². The third-order valence-electron chi connectivity index (χ3n) is 6.58. The van der Waals surface area contributed by atoms with E-state index < -0.39 is 0 Å². The smallest absolute Gasteiger partial charge is 0.222 e. The highest BCUT2D eigenvalue weighted by atomic mass is 16.5. The SMILES string of the molecule is C=CCNCCC1CCC(=O)N1CC1(N2CCOCC2)CCCCCC1. The van der Waals surface area contributed by atoms with Crippen molar-refractivity contribution in [2.75, 3.05) is 45.9 Å². The Kier molecular flexibility index (Phi) is 7.52. The average Bonchev–Trinajstić information content (AvgIpc) is 2.87. The Bertz CT molecular complexity index is 454. The lowest BCUT2D eigenvalue weighted by Crippen LogP contribution is -2.59. The van der Waals surface area contributed by atoms with Gasteiger partial charge in [-0.05, 0) is 32.2 Å². The van der Waals surface area contributed by atoms with E-state index in [9.17, 15) is 4.79 Å². The molecule has 148 valence electrons. The maximum Gasteiger partial charge on any atom is 0.222 e. The molecular formula is C21H37N3O2. The minimum Gasteiger partial charge on any atom is -0.379 e. The molecule has 3 fully saturated rings. The summed E-state index contributed by atoms with van der Waals surface area (Å²) in [5.74, 6) is 0.371. The highest BCUT2D eigenvalue weighted by Gasteiger charge is 2.43. The lowest BCUT2D eigenvalue weighted by atomic mass is 9.86. The molecule has 1 atom stereocenters. The van der Waals surface area contributed by atoms with Crippen molar-refractivity contribution in [1.29, 1.82) is 0 Å². The fourth-order valence-electron chi connectivity index (χ4n) is 5.10. The van der Waals surface area contributed by atoms with Gasteiger partial charge < -0.3 is 15.0 Å². The summed E-state index contributed by atoms with van der Waals surface area (Å²) < 4.78 is 5.62. The lowest BCUT2D eigenvalue weighted by Gasteiger charge is -2.48. The lowest BCUT2D eigenvalue weighted by molar-refractivity contribution is -0.132. The van der Waals surface area contributed by atoms with E-state index in [0.29, 0.717) is 11.9 Å². The Hall–Kier alpha value is -0.910. The zero-order valence-electron chi connectivity index (χ0n) is 16.4. The highest BCUT2D eigenvalue weighted by Crippen LogP contribution is 2.36. The predicted octanol–water partition coefficient (Wildman–Crippen LogP) is 2.57. The second-order valence-electron chi connectivity index (χ2n) is 8.23. The molecule has 5 nitrogen and oxygen atoms in total. The normalized spacial score (nSPS) is 27.5. The van der Waals surface area contributed by atoms with Crippen molar-refractivity contribution in [3.63, 3.8) is 0 Å². The van der Waals surface area contributed by atoms with Crippen LogP contribution in [0.25, 0.3) is 0 Å². The van der Waals surface area contributed by atoms with E-state index >= 15 is 0 Å². The van der Waals surface area contributed by atoms with Gasteiger partial charge in [0.25, 0.3) is 0 Å². The molecule has 2 saturated heterocycles. The van der Waals surface area contributed by atoms with Crippen LogP contribution >= 0.6 is 0 Å². The Balaban J connectivity index is 1.69. The van der Waals surface area contributed by atoms with Crippen molar-refractivity contribution < 1.29 is 9.53 Å². The van der Waals surface area contributed by atoms with Gasteiger partial charge in [0.05, 0.1) is 13.2 Å². The summed E-state index contributed by atoms with van der Waals surface area (Å²) >= 11 is 0. The number of nitrogens with one attached hydrogen (secondary N) is 1. The first-order valence-corrected chi connectivity index (χ1v) is 10.7. The highest BCUT2D eigenvalue weighted by molar-refractivity contribution is 5.78. The van der Waals surface area contributed by atoms with Crippen molar-refractivity contribution in [2.24, 2.45) is 0 Å². The molecule has 1 amide bonds. The number of ether oxygens (including phenoxy) is 1. The summed E-state index contributed by atoms with van der Waals surface area (Å²) in [6, 6.07) is 0.404. The number of carbonyl (C=O) groups is 1. The van der Waals surface area contributed by atoms with Crippen LogP contribution in [-0.4, -0.2) is 73.2 Å². The summed E-state index contributed by atoms with van der Waals surface area (Å²) in [4.78, 5) is 17.6. The van der Waals surface area contributed by atoms with Crippen LogP contribution in [0.3, 0.4) is 0 Å². The van der Waals surface area contributed by atoms with Gasteiger partial charge in [0.2, 0.25) is 5.91 Å². The maximum absolute atomic E-state index is 12.7. The van der Waals surface area contributed by atoms with Gasteiger partial charge in [0.15, 0.2) is 0 Å². The first kappa shape index (κ1) is 19.8. The number of amides is 1. The molecule has 0 aromatic heterocycles. The minimum atomic E-state index is 0.174. The van der Waals surface area contributed by atoms with Crippen LogP contribution in [0.2, 0.25) is 0 Å². The molecule has 0 bridgehead atoms. The molecule has 0 aromatic carbocycles. The molecule has 1 N–H and O–H groups in total. The van der Waals surface area contributed by atoms with Crippen molar-refractivity contribution in [3.05, 3.63) is 12.7 Å². The van der Waals surface area contributed by atoms with Crippen LogP contribution < -0.4 is 5.32 Å². The standard InChI is InChI=1S/C21H37N3O2/c1-2-12-22-13-9-19-7-8-20(25)24(19)18-21(10-5-3-4-6-11-21)23-14-16-26-17-15-23/h2,19,22H,1,3-18H2. The van der Waals surface area contributed by atoms with Crippen LogP contribution in [0.4, 0.5) is 0 Å². The van der Waals surface area contributed by atoms with Gasteiger partial charge >= 0.3 is 0 Å². The molecule has 0 radical (unpaired) electrons. The van der Waals surface area contributed by atoms with E-state index in [4.69, 9.17) is 4.74 Å². The number of hydrogen-bond acceptors (Lipinski definition) is 4. The molecule has 1 unspecified atom stereocenters. The second kappa shape index (κ2) is 9.86. The predicted molar refractivity (Wildman–Crippen MR) is 105 cm³/mol. The molecule has 3 rings (SSSR count). The van der Waals surface area contributed by atoms with E-state index in [1.165, 1.54) is 38.5 Å². The molecule has 1 saturated carbocycles. The van der Waals surface area contributed by atoms with Crippen molar-refractivity contribution >= 4 is 5.91 Å². The molecule has 5 heteroatoms. The van der Waals surface area contributed by atoms with E-state index in [-0.39, 0.29) is 5.54 Å². The quantitative estimate of drug-likeness (QED) is 0.409. The van der Waals surface area contributed by atoms with Gasteiger partial charge in [-0.1, -0.05) is 31.8 Å². The molecule has 2 aliphatic heterocycles. The zero-order valence-corrected chi connectivity index (χ0v) is 16.4. The minimum absolute atomic E-state index is 0.174. The Morgan fingerprint density at radius 1 is 1.19 bits per heavy atom. The summed E-state index contributed by atoms with van der Waals surface area (Å²) in [7, 11) is 0.